The summed E-state index contributed by atoms with van der Waals surface area (Å²) in [6, 6.07) is 7.97. The number of rotatable bonds is 13. The van der Waals surface area contributed by atoms with E-state index in [1.54, 1.807) is 7.11 Å². The van der Waals surface area contributed by atoms with Crippen molar-refractivity contribution in [3.8, 4) is 5.75 Å². The van der Waals surface area contributed by atoms with Crippen LogP contribution in [0.4, 0.5) is 0 Å². The normalized spacial score (nSPS) is 10.4. The third-order valence-electron chi connectivity index (χ3n) is 3.50. The van der Waals surface area contributed by atoms with Crippen LogP contribution in [0.15, 0.2) is 29.3 Å². The molecule has 0 aromatic heterocycles. The van der Waals surface area contributed by atoms with Gasteiger partial charge in [-0.05, 0) is 44.4 Å². The smallest absolute Gasteiger partial charge is 0.191 e. The Morgan fingerprint density at radius 2 is 1.48 bits per heavy atom. The van der Waals surface area contributed by atoms with Crippen LogP contribution in [0.1, 0.15) is 32.3 Å². The summed E-state index contributed by atoms with van der Waals surface area (Å²) < 4.78 is 15.9. The molecule has 0 unspecified atom stereocenters. The van der Waals surface area contributed by atoms with E-state index >= 15 is 0 Å². The molecule has 6 heteroatoms. The van der Waals surface area contributed by atoms with Gasteiger partial charge in [-0.25, -0.2) is 4.99 Å². The van der Waals surface area contributed by atoms with Crippen LogP contribution < -0.4 is 15.4 Å². The van der Waals surface area contributed by atoms with Crippen LogP contribution in [0.5, 0.6) is 5.75 Å². The number of methoxy groups -OCH3 is 1. The maximum absolute atomic E-state index is 5.36. The monoisotopic (exact) mass is 351 g/mol. The summed E-state index contributed by atoms with van der Waals surface area (Å²) >= 11 is 0. The Morgan fingerprint density at radius 3 is 1.96 bits per heavy atom. The average molecular weight is 351 g/mol. The second-order valence-corrected chi connectivity index (χ2v) is 5.47. The van der Waals surface area contributed by atoms with E-state index in [0.717, 1.165) is 69.6 Å². The largest absolute Gasteiger partial charge is 0.497 e. The Bertz CT molecular complexity index is 447. The van der Waals surface area contributed by atoms with Gasteiger partial charge >= 0.3 is 0 Å². The van der Waals surface area contributed by atoms with Gasteiger partial charge < -0.3 is 24.8 Å². The van der Waals surface area contributed by atoms with Gasteiger partial charge in [-0.2, -0.15) is 0 Å². The molecule has 25 heavy (non-hydrogen) atoms. The molecule has 0 aliphatic heterocycles. The molecule has 6 nitrogen and oxygen atoms in total. The number of benzene rings is 1. The molecule has 0 saturated carbocycles. The first kappa shape index (κ1) is 21.3. The zero-order valence-corrected chi connectivity index (χ0v) is 15.8. The van der Waals surface area contributed by atoms with Crippen LogP contribution in [0, 0.1) is 0 Å². The maximum Gasteiger partial charge on any atom is 0.191 e. The topological polar surface area (TPSA) is 64.1 Å². The second-order valence-electron chi connectivity index (χ2n) is 5.47. The summed E-state index contributed by atoms with van der Waals surface area (Å²) in [7, 11) is 1.67. The van der Waals surface area contributed by atoms with Gasteiger partial charge in [0.05, 0.1) is 13.7 Å². The second kappa shape index (κ2) is 14.5. The van der Waals surface area contributed by atoms with E-state index in [1.807, 2.05) is 38.1 Å². The van der Waals surface area contributed by atoms with Gasteiger partial charge in [0.25, 0.3) is 0 Å². The first-order chi connectivity index (χ1) is 12.3. The molecule has 1 rings (SSSR count). The lowest BCUT2D eigenvalue weighted by Gasteiger charge is -2.13. The van der Waals surface area contributed by atoms with E-state index in [1.165, 1.54) is 0 Å². The standard InChI is InChI=1S/C19H33N3O3/c1-4-24-14-6-12-20-19(21-13-7-15-25-5-2)22-16-17-8-10-18(23-3)11-9-17/h8-11H,4-7,12-16H2,1-3H3,(H2,20,21,22). The number of guanidine groups is 1. The van der Waals surface area contributed by atoms with Crippen molar-refractivity contribution < 1.29 is 14.2 Å². The van der Waals surface area contributed by atoms with Crippen molar-refractivity contribution >= 4 is 5.96 Å². The summed E-state index contributed by atoms with van der Waals surface area (Å²) in [5.41, 5.74) is 1.14. The number of nitrogens with zero attached hydrogens (tertiary/aromatic N) is 1. The van der Waals surface area contributed by atoms with Gasteiger partial charge in [0, 0.05) is 39.5 Å². The van der Waals surface area contributed by atoms with Crippen molar-refractivity contribution in [2.75, 3.05) is 46.6 Å². The van der Waals surface area contributed by atoms with Gasteiger partial charge in [0.2, 0.25) is 0 Å². The lowest BCUT2D eigenvalue weighted by Crippen LogP contribution is -2.39. The summed E-state index contributed by atoms with van der Waals surface area (Å²) in [5, 5.41) is 6.71. The van der Waals surface area contributed by atoms with Crippen LogP contribution in [0.3, 0.4) is 0 Å². The van der Waals surface area contributed by atoms with E-state index in [9.17, 15) is 0 Å². The maximum atomic E-state index is 5.36. The molecular formula is C19H33N3O3. The third-order valence-corrected chi connectivity index (χ3v) is 3.50. The molecule has 142 valence electrons. The summed E-state index contributed by atoms with van der Waals surface area (Å²) in [6.07, 6.45) is 1.91. The molecule has 1 aromatic rings. The molecule has 1 aromatic carbocycles. The Labute approximate surface area is 152 Å². The van der Waals surface area contributed by atoms with Crippen molar-refractivity contribution in [3.05, 3.63) is 29.8 Å². The molecule has 0 fully saturated rings. The molecule has 0 aliphatic rings. The SMILES string of the molecule is CCOCCCNC(=NCc1ccc(OC)cc1)NCCCOCC. The van der Waals surface area contributed by atoms with Crippen molar-refractivity contribution in [1.29, 1.82) is 0 Å². The molecule has 0 aliphatic carbocycles. The summed E-state index contributed by atoms with van der Waals surface area (Å²) in [4.78, 5) is 4.66. The fraction of sp³-hybridized carbons (Fsp3) is 0.632. The molecule has 0 bridgehead atoms. The number of nitrogens with one attached hydrogen (secondary N) is 2. The highest BCUT2D eigenvalue weighted by Crippen LogP contribution is 2.11. The van der Waals surface area contributed by atoms with Crippen LogP contribution in [-0.4, -0.2) is 52.6 Å². The minimum absolute atomic E-state index is 0.621. The Balaban J connectivity index is 2.45. The third kappa shape index (κ3) is 10.6. The van der Waals surface area contributed by atoms with Gasteiger partial charge in [-0.3, -0.25) is 0 Å². The predicted molar refractivity (Wildman–Crippen MR) is 102 cm³/mol. The summed E-state index contributed by atoms with van der Waals surface area (Å²) in [5.74, 6) is 1.68. The minimum atomic E-state index is 0.621. The zero-order chi connectivity index (χ0) is 18.2. The lowest BCUT2D eigenvalue weighted by atomic mass is 10.2. The Kier molecular flexibility index (Phi) is 12.4. The van der Waals surface area contributed by atoms with E-state index in [0.29, 0.717) is 6.54 Å². The fourth-order valence-corrected chi connectivity index (χ4v) is 2.13. The van der Waals surface area contributed by atoms with Crippen LogP contribution >= 0.6 is 0 Å². The first-order valence-electron chi connectivity index (χ1n) is 9.10. The predicted octanol–water partition coefficient (Wildman–Crippen LogP) is 2.58. The highest BCUT2D eigenvalue weighted by atomic mass is 16.5. The van der Waals surface area contributed by atoms with Gasteiger partial charge in [-0.1, -0.05) is 12.1 Å². The number of hydrogen-bond donors (Lipinski definition) is 2. The van der Waals surface area contributed by atoms with Gasteiger partial charge in [-0.15, -0.1) is 0 Å². The number of ether oxygens (including phenoxy) is 3. The van der Waals surface area contributed by atoms with Crippen molar-refractivity contribution in [2.24, 2.45) is 4.99 Å². The van der Waals surface area contributed by atoms with Crippen molar-refractivity contribution in [3.63, 3.8) is 0 Å². The molecule has 0 atom stereocenters. The molecule has 0 radical (unpaired) electrons. The minimum Gasteiger partial charge on any atom is -0.497 e. The van der Waals surface area contributed by atoms with Gasteiger partial charge in [0.15, 0.2) is 5.96 Å². The van der Waals surface area contributed by atoms with Crippen molar-refractivity contribution in [1.82, 2.24) is 10.6 Å². The number of aliphatic imine (C=N–C) groups is 1. The molecule has 0 spiro atoms. The van der Waals surface area contributed by atoms with Crippen molar-refractivity contribution in [2.45, 2.75) is 33.2 Å². The number of hydrogen-bond acceptors (Lipinski definition) is 4. The zero-order valence-electron chi connectivity index (χ0n) is 15.8. The van der Waals surface area contributed by atoms with Crippen LogP contribution in [-0.2, 0) is 16.0 Å². The highest BCUT2D eigenvalue weighted by Gasteiger charge is 2.00. The lowest BCUT2D eigenvalue weighted by molar-refractivity contribution is 0.145. The molecular weight excluding hydrogens is 318 g/mol. The first-order valence-corrected chi connectivity index (χ1v) is 9.10. The molecule has 0 heterocycles. The van der Waals surface area contributed by atoms with E-state index in [4.69, 9.17) is 14.2 Å². The Morgan fingerprint density at radius 1 is 0.920 bits per heavy atom. The van der Waals surface area contributed by atoms with Gasteiger partial charge in [0.1, 0.15) is 5.75 Å². The quantitative estimate of drug-likeness (QED) is 0.325. The van der Waals surface area contributed by atoms with Crippen LogP contribution in [0.2, 0.25) is 0 Å². The molecule has 0 saturated heterocycles. The highest BCUT2D eigenvalue weighted by molar-refractivity contribution is 5.79. The van der Waals surface area contributed by atoms with Crippen LogP contribution in [0.25, 0.3) is 0 Å². The van der Waals surface area contributed by atoms with E-state index in [2.05, 4.69) is 15.6 Å². The Hall–Kier alpha value is -1.79. The fourth-order valence-electron chi connectivity index (χ4n) is 2.13. The molecule has 0 amide bonds. The van der Waals surface area contributed by atoms with E-state index < -0.39 is 0 Å². The summed E-state index contributed by atoms with van der Waals surface area (Å²) in [6.45, 7) is 9.35. The average Bonchev–Trinajstić information content (AvgIpc) is 2.65. The molecule has 2 N–H and O–H groups in total. The van der Waals surface area contributed by atoms with E-state index in [-0.39, 0.29) is 0 Å².